The fourth-order valence-electron chi connectivity index (χ4n) is 3.89. The maximum Gasteiger partial charge on any atom is 0.270 e. The second-order valence-corrected chi connectivity index (χ2v) is 6.11. The van der Waals surface area contributed by atoms with Crippen LogP contribution >= 0.6 is 0 Å². The van der Waals surface area contributed by atoms with Crippen molar-refractivity contribution in [1.82, 2.24) is 14.5 Å². The average Bonchev–Trinajstić information content (AvgIpc) is 3.10. The van der Waals surface area contributed by atoms with Gasteiger partial charge in [-0.25, -0.2) is 16.5 Å². The Balaban J connectivity index is 1.74. The summed E-state index contributed by atoms with van der Waals surface area (Å²) in [5, 5.41) is 10.6. The van der Waals surface area contributed by atoms with Crippen LogP contribution in [0.3, 0.4) is 0 Å². The quantitative estimate of drug-likeness (QED) is 0.862. The first kappa shape index (κ1) is 13.5. The van der Waals surface area contributed by atoms with E-state index in [1.165, 1.54) is 11.1 Å². The summed E-state index contributed by atoms with van der Waals surface area (Å²) in [6, 6.07) is 8.47. The van der Waals surface area contributed by atoms with Crippen LogP contribution in [0.25, 0.3) is 16.1 Å². The maximum atomic E-state index is 10.6. The Morgan fingerprint density at radius 1 is 1.36 bits per heavy atom. The van der Waals surface area contributed by atoms with Crippen molar-refractivity contribution in [2.45, 2.75) is 18.6 Å². The highest BCUT2D eigenvalue weighted by Crippen LogP contribution is 2.44. The molecule has 0 amide bonds. The van der Waals surface area contributed by atoms with Gasteiger partial charge in [-0.15, -0.1) is 0 Å². The third kappa shape index (κ3) is 1.96. The second-order valence-electron chi connectivity index (χ2n) is 6.11. The minimum absolute atomic E-state index is 0.0899. The van der Waals surface area contributed by atoms with Crippen molar-refractivity contribution < 1.29 is 5.11 Å². The predicted octanol–water partition coefficient (Wildman–Crippen LogP) is 2.01. The van der Waals surface area contributed by atoms with E-state index in [1.807, 2.05) is 18.6 Å². The molecule has 3 atom stereocenters. The van der Waals surface area contributed by atoms with Crippen LogP contribution in [-0.4, -0.2) is 45.4 Å². The smallest absolute Gasteiger partial charge is 0.270 e. The van der Waals surface area contributed by atoms with E-state index in [4.69, 9.17) is 6.57 Å². The lowest BCUT2D eigenvalue weighted by Crippen LogP contribution is -2.46. The molecule has 1 fully saturated rings. The van der Waals surface area contributed by atoms with Crippen LogP contribution in [0, 0.1) is 12.5 Å². The summed E-state index contributed by atoms with van der Waals surface area (Å²) in [4.78, 5) is 9.93. The van der Waals surface area contributed by atoms with Gasteiger partial charge in [0.2, 0.25) is 0 Å². The van der Waals surface area contributed by atoms with Gasteiger partial charge in [-0.2, -0.15) is 0 Å². The Kier molecular flexibility index (Phi) is 3.21. The Hall–Kier alpha value is -2.16. The number of hydrogen-bond acceptors (Lipinski definition) is 3. The number of fused-ring (bicyclic) bond motifs is 3. The molecular weight excluding hydrogens is 276 g/mol. The molecule has 0 aliphatic carbocycles. The van der Waals surface area contributed by atoms with Crippen LogP contribution in [0.2, 0.25) is 0 Å². The van der Waals surface area contributed by atoms with Gasteiger partial charge >= 0.3 is 0 Å². The van der Waals surface area contributed by atoms with E-state index >= 15 is 0 Å². The Bertz CT molecular complexity index is 732. The van der Waals surface area contributed by atoms with Gasteiger partial charge in [0.25, 0.3) is 6.67 Å². The Morgan fingerprint density at radius 2 is 2.23 bits per heavy atom. The van der Waals surface area contributed by atoms with E-state index in [2.05, 4.69) is 37.5 Å². The SMILES string of the molecule is [C-]#[N+]CN1CC[C@H](O)[C@@H]([C@H]2c3ccccc3-c3cncn32)C1. The minimum Gasteiger partial charge on any atom is -0.393 e. The van der Waals surface area contributed by atoms with Crippen molar-refractivity contribution >= 4 is 0 Å². The summed E-state index contributed by atoms with van der Waals surface area (Å²) in [7, 11) is 0. The highest BCUT2D eigenvalue weighted by molar-refractivity contribution is 5.69. The number of imidazole rings is 1. The van der Waals surface area contributed by atoms with Crippen molar-refractivity contribution in [3.05, 3.63) is 53.8 Å². The lowest BCUT2D eigenvalue weighted by atomic mass is 9.84. The lowest BCUT2D eigenvalue weighted by molar-refractivity contribution is 0.0142. The Morgan fingerprint density at radius 3 is 3.09 bits per heavy atom. The van der Waals surface area contributed by atoms with Gasteiger partial charge in [-0.05, 0) is 12.0 Å². The first-order valence-electron chi connectivity index (χ1n) is 7.64. The van der Waals surface area contributed by atoms with Gasteiger partial charge in [-0.1, -0.05) is 24.3 Å². The van der Waals surface area contributed by atoms with Gasteiger partial charge in [-0.3, -0.25) is 4.85 Å². The average molecular weight is 294 g/mol. The monoisotopic (exact) mass is 294 g/mol. The first-order chi connectivity index (χ1) is 10.8. The summed E-state index contributed by atoms with van der Waals surface area (Å²) in [6.45, 7) is 9.04. The normalized spacial score (nSPS) is 27.2. The fourth-order valence-corrected chi connectivity index (χ4v) is 3.89. The predicted molar refractivity (Wildman–Crippen MR) is 83.0 cm³/mol. The molecule has 5 nitrogen and oxygen atoms in total. The molecule has 3 heterocycles. The van der Waals surface area contributed by atoms with E-state index in [0.29, 0.717) is 6.67 Å². The van der Waals surface area contributed by atoms with Crippen LogP contribution in [0.1, 0.15) is 18.0 Å². The highest BCUT2D eigenvalue weighted by atomic mass is 16.3. The Labute approximate surface area is 129 Å². The number of rotatable bonds is 2. The van der Waals surface area contributed by atoms with Crippen LogP contribution in [0.5, 0.6) is 0 Å². The first-order valence-corrected chi connectivity index (χ1v) is 7.64. The molecule has 1 aromatic carbocycles. The third-order valence-corrected chi connectivity index (χ3v) is 4.90. The van der Waals surface area contributed by atoms with Crippen LogP contribution in [0.15, 0.2) is 36.8 Å². The topological polar surface area (TPSA) is 45.6 Å². The summed E-state index contributed by atoms with van der Waals surface area (Å²) < 4.78 is 2.18. The van der Waals surface area contributed by atoms with Crippen LogP contribution in [0.4, 0.5) is 0 Å². The molecule has 0 unspecified atom stereocenters. The number of piperidine rings is 1. The van der Waals surface area contributed by atoms with Crippen molar-refractivity contribution in [2.75, 3.05) is 19.8 Å². The van der Waals surface area contributed by atoms with Crippen molar-refractivity contribution in [3.63, 3.8) is 0 Å². The number of nitrogens with zero attached hydrogens (tertiary/aromatic N) is 4. The number of aromatic nitrogens is 2. The molecular formula is C17H18N4O. The number of hydrogen-bond donors (Lipinski definition) is 1. The van der Waals surface area contributed by atoms with E-state index in [1.54, 1.807) is 0 Å². The van der Waals surface area contributed by atoms with Crippen molar-refractivity contribution in [2.24, 2.45) is 5.92 Å². The third-order valence-electron chi connectivity index (χ3n) is 4.90. The van der Waals surface area contributed by atoms with Crippen LogP contribution < -0.4 is 0 Å². The minimum atomic E-state index is -0.339. The lowest BCUT2D eigenvalue weighted by Gasteiger charge is -2.37. The van der Waals surface area contributed by atoms with Gasteiger partial charge in [0, 0.05) is 24.6 Å². The fraction of sp³-hybridized carbons (Fsp3) is 0.412. The van der Waals surface area contributed by atoms with Crippen molar-refractivity contribution in [3.8, 4) is 11.3 Å². The molecule has 112 valence electrons. The molecule has 0 spiro atoms. The summed E-state index contributed by atoms with van der Waals surface area (Å²) in [6.07, 6.45) is 4.14. The van der Waals surface area contributed by atoms with Gasteiger partial charge < -0.3 is 9.67 Å². The zero-order chi connectivity index (χ0) is 15.1. The molecule has 4 rings (SSSR count). The second kappa shape index (κ2) is 5.24. The highest BCUT2D eigenvalue weighted by Gasteiger charge is 2.40. The van der Waals surface area contributed by atoms with E-state index in [9.17, 15) is 5.11 Å². The van der Waals surface area contributed by atoms with Crippen molar-refractivity contribution in [1.29, 1.82) is 0 Å². The van der Waals surface area contributed by atoms with Gasteiger partial charge in [0.05, 0.1) is 30.4 Å². The molecule has 2 aliphatic rings. The number of likely N-dealkylation sites (tertiary alicyclic amines) is 1. The molecule has 22 heavy (non-hydrogen) atoms. The molecule has 0 radical (unpaired) electrons. The standard InChI is InChI=1S/C17H18N4O/c1-18-10-20-7-6-16(22)14(9-20)17-13-5-3-2-4-12(13)15-8-19-11-21(15)17/h2-5,8,11,14,16-17,22H,6-7,9-10H2/t14-,16-,17+/m0/s1. The molecule has 1 saturated heterocycles. The summed E-state index contributed by atoms with van der Waals surface area (Å²) in [5.41, 5.74) is 3.59. The molecule has 1 aromatic heterocycles. The number of benzene rings is 1. The summed E-state index contributed by atoms with van der Waals surface area (Å²) >= 11 is 0. The van der Waals surface area contributed by atoms with E-state index in [0.717, 1.165) is 25.2 Å². The largest absolute Gasteiger partial charge is 0.393 e. The van der Waals surface area contributed by atoms with Gasteiger partial charge in [0.1, 0.15) is 0 Å². The van der Waals surface area contributed by atoms with Crippen LogP contribution in [-0.2, 0) is 0 Å². The molecule has 0 saturated carbocycles. The zero-order valence-corrected chi connectivity index (χ0v) is 12.3. The molecule has 1 N–H and O–H groups in total. The maximum absolute atomic E-state index is 10.6. The number of aliphatic hydroxyl groups is 1. The van der Waals surface area contributed by atoms with Gasteiger partial charge in [0.15, 0.2) is 0 Å². The van der Waals surface area contributed by atoms with E-state index < -0.39 is 0 Å². The summed E-state index contributed by atoms with van der Waals surface area (Å²) in [5.74, 6) is 0.0899. The molecule has 2 aromatic rings. The molecule has 0 bridgehead atoms. The number of aliphatic hydroxyl groups excluding tert-OH is 1. The molecule has 2 aliphatic heterocycles. The zero-order valence-electron chi connectivity index (χ0n) is 12.3. The molecule has 5 heteroatoms. The van der Waals surface area contributed by atoms with E-state index in [-0.39, 0.29) is 18.1 Å².